The molecule has 1 fully saturated rings. The molecule has 0 aromatic heterocycles. The highest BCUT2D eigenvalue weighted by molar-refractivity contribution is 5.82. The second-order valence-electron chi connectivity index (χ2n) is 5.08. The molecule has 0 heterocycles. The summed E-state index contributed by atoms with van der Waals surface area (Å²) in [4.78, 5) is 23.0. The maximum atomic E-state index is 11.9. The van der Waals surface area contributed by atoms with Crippen LogP contribution < -0.4 is 0 Å². The number of rotatable bonds is 3. The molecular formula is C14H20O4. The number of allylic oxidation sites excluding steroid dienone is 2. The van der Waals surface area contributed by atoms with E-state index in [1.54, 1.807) is 6.08 Å². The number of ether oxygens (including phenoxy) is 2. The van der Waals surface area contributed by atoms with E-state index < -0.39 is 5.97 Å². The zero-order valence-corrected chi connectivity index (χ0v) is 11.4. The van der Waals surface area contributed by atoms with Crippen LogP contribution in [0.3, 0.4) is 0 Å². The van der Waals surface area contributed by atoms with E-state index in [4.69, 9.17) is 4.74 Å². The van der Waals surface area contributed by atoms with Gasteiger partial charge in [-0.3, -0.25) is 4.79 Å². The number of hydrogen-bond donors (Lipinski definition) is 0. The van der Waals surface area contributed by atoms with Gasteiger partial charge < -0.3 is 9.47 Å². The van der Waals surface area contributed by atoms with E-state index >= 15 is 0 Å². The lowest BCUT2D eigenvalue weighted by Crippen LogP contribution is -2.31. The molecule has 0 radical (unpaired) electrons. The van der Waals surface area contributed by atoms with Gasteiger partial charge in [-0.05, 0) is 17.8 Å². The van der Waals surface area contributed by atoms with Gasteiger partial charge in [0.2, 0.25) is 0 Å². The Balaban J connectivity index is 2.97. The van der Waals surface area contributed by atoms with Crippen molar-refractivity contribution in [1.29, 1.82) is 0 Å². The Morgan fingerprint density at radius 2 is 1.94 bits per heavy atom. The van der Waals surface area contributed by atoms with E-state index in [9.17, 15) is 9.59 Å². The fourth-order valence-electron chi connectivity index (χ4n) is 2.47. The van der Waals surface area contributed by atoms with Gasteiger partial charge in [0.05, 0.1) is 20.1 Å². The summed E-state index contributed by atoms with van der Waals surface area (Å²) in [6.07, 6.45) is 3.75. The van der Waals surface area contributed by atoms with Crippen molar-refractivity contribution in [2.75, 3.05) is 14.2 Å². The van der Waals surface area contributed by atoms with Crippen LogP contribution >= 0.6 is 0 Å². The number of hydrogen-bond acceptors (Lipinski definition) is 4. The van der Waals surface area contributed by atoms with Gasteiger partial charge in [0.25, 0.3) is 0 Å². The van der Waals surface area contributed by atoms with Crippen molar-refractivity contribution in [2.45, 2.75) is 20.3 Å². The van der Waals surface area contributed by atoms with Crippen LogP contribution in [-0.4, -0.2) is 26.2 Å². The Labute approximate surface area is 108 Å². The van der Waals surface area contributed by atoms with Crippen LogP contribution in [0, 0.1) is 17.3 Å². The van der Waals surface area contributed by atoms with E-state index in [1.165, 1.54) is 20.3 Å². The third-order valence-corrected chi connectivity index (χ3v) is 3.73. The molecule has 0 aromatic carbocycles. The Bertz CT molecular complexity index is 393. The van der Waals surface area contributed by atoms with Gasteiger partial charge in [-0.25, -0.2) is 4.79 Å². The van der Waals surface area contributed by atoms with Crippen LogP contribution in [0.4, 0.5) is 0 Å². The Kier molecular flexibility index (Phi) is 4.33. The standard InChI is InChI=1S/C14H20O4/c1-9-8-10(6-7-11(15)17-4)12(13(16)18-5)14(9,2)3/h6-7,10,12H,1,8H2,2-5H3/b7-6+. The molecule has 0 N–H and O–H groups in total. The first-order valence-electron chi connectivity index (χ1n) is 5.86. The largest absolute Gasteiger partial charge is 0.469 e. The second kappa shape index (κ2) is 5.38. The Hall–Kier alpha value is -1.58. The molecule has 4 heteroatoms. The van der Waals surface area contributed by atoms with Gasteiger partial charge in [-0.1, -0.05) is 32.1 Å². The quantitative estimate of drug-likeness (QED) is 0.438. The van der Waals surface area contributed by atoms with Crippen LogP contribution in [-0.2, 0) is 19.1 Å². The molecule has 18 heavy (non-hydrogen) atoms. The monoisotopic (exact) mass is 252 g/mol. The van der Waals surface area contributed by atoms with E-state index in [0.717, 1.165) is 5.57 Å². The summed E-state index contributed by atoms with van der Waals surface area (Å²) in [6, 6.07) is 0. The summed E-state index contributed by atoms with van der Waals surface area (Å²) < 4.78 is 9.40. The van der Waals surface area contributed by atoms with Gasteiger partial charge >= 0.3 is 11.9 Å². The van der Waals surface area contributed by atoms with Crippen molar-refractivity contribution in [2.24, 2.45) is 17.3 Å². The predicted molar refractivity (Wildman–Crippen MR) is 67.7 cm³/mol. The van der Waals surface area contributed by atoms with Crippen molar-refractivity contribution in [3.05, 3.63) is 24.3 Å². The minimum Gasteiger partial charge on any atom is -0.469 e. The molecule has 1 aliphatic carbocycles. The minimum atomic E-state index is -0.422. The number of carbonyl (C=O) groups excluding carboxylic acids is 2. The highest BCUT2D eigenvalue weighted by atomic mass is 16.5. The number of carbonyl (C=O) groups is 2. The first-order valence-corrected chi connectivity index (χ1v) is 5.86. The van der Waals surface area contributed by atoms with E-state index in [0.29, 0.717) is 6.42 Å². The summed E-state index contributed by atoms with van der Waals surface area (Å²) in [5.41, 5.74) is 0.676. The molecule has 0 aromatic rings. The lowest BCUT2D eigenvalue weighted by molar-refractivity contribution is -0.149. The first-order chi connectivity index (χ1) is 8.34. The predicted octanol–water partition coefficient (Wildman–Crippen LogP) is 2.11. The van der Waals surface area contributed by atoms with Crippen LogP contribution in [0.1, 0.15) is 20.3 Å². The van der Waals surface area contributed by atoms with Gasteiger partial charge in [0.1, 0.15) is 0 Å². The summed E-state index contributed by atoms with van der Waals surface area (Å²) in [5, 5.41) is 0. The van der Waals surface area contributed by atoms with E-state index in [1.807, 2.05) is 13.8 Å². The van der Waals surface area contributed by atoms with E-state index in [2.05, 4.69) is 11.3 Å². The molecule has 2 unspecified atom stereocenters. The van der Waals surface area contributed by atoms with Crippen molar-refractivity contribution in [1.82, 2.24) is 0 Å². The second-order valence-corrected chi connectivity index (χ2v) is 5.08. The fourth-order valence-corrected chi connectivity index (χ4v) is 2.47. The Morgan fingerprint density at radius 3 is 2.44 bits per heavy atom. The molecule has 4 nitrogen and oxygen atoms in total. The average molecular weight is 252 g/mol. The Morgan fingerprint density at radius 1 is 1.33 bits per heavy atom. The normalized spacial score (nSPS) is 26.3. The lowest BCUT2D eigenvalue weighted by Gasteiger charge is -2.27. The third-order valence-electron chi connectivity index (χ3n) is 3.73. The first kappa shape index (κ1) is 14.5. The van der Waals surface area contributed by atoms with Crippen molar-refractivity contribution in [3.63, 3.8) is 0 Å². The van der Waals surface area contributed by atoms with Gasteiger partial charge in [0, 0.05) is 6.08 Å². The van der Waals surface area contributed by atoms with Crippen molar-refractivity contribution < 1.29 is 19.1 Å². The smallest absolute Gasteiger partial charge is 0.330 e. The molecular weight excluding hydrogens is 232 g/mol. The molecule has 0 bridgehead atoms. The minimum absolute atomic E-state index is 0.0703. The number of methoxy groups -OCH3 is 2. The zero-order valence-electron chi connectivity index (χ0n) is 11.4. The van der Waals surface area contributed by atoms with Crippen LogP contribution in [0.15, 0.2) is 24.3 Å². The van der Waals surface area contributed by atoms with Gasteiger partial charge in [0.15, 0.2) is 0 Å². The zero-order chi connectivity index (χ0) is 13.9. The molecule has 1 aliphatic rings. The third kappa shape index (κ3) is 2.63. The maximum Gasteiger partial charge on any atom is 0.330 e. The van der Waals surface area contributed by atoms with Crippen LogP contribution in [0.5, 0.6) is 0 Å². The fraction of sp³-hybridized carbons (Fsp3) is 0.571. The maximum absolute atomic E-state index is 11.9. The summed E-state index contributed by atoms with van der Waals surface area (Å²) in [5.74, 6) is -1.07. The summed E-state index contributed by atoms with van der Waals surface area (Å²) in [7, 11) is 2.70. The van der Waals surface area contributed by atoms with Crippen molar-refractivity contribution >= 4 is 11.9 Å². The van der Waals surface area contributed by atoms with Crippen LogP contribution in [0.25, 0.3) is 0 Å². The molecule has 0 saturated heterocycles. The number of esters is 2. The molecule has 100 valence electrons. The molecule has 0 spiro atoms. The molecule has 2 atom stereocenters. The van der Waals surface area contributed by atoms with Gasteiger partial charge in [-0.15, -0.1) is 0 Å². The molecule has 1 rings (SSSR count). The highest BCUT2D eigenvalue weighted by Gasteiger charge is 2.48. The molecule has 1 saturated carbocycles. The average Bonchev–Trinajstić information content (AvgIpc) is 2.56. The molecule has 0 aliphatic heterocycles. The van der Waals surface area contributed by atoms with Crippen molar-refractivity contribution in [3.8, 4) is 0 Å². The van der Waals surface area contributed by atoms with E-state index in [-0.39, 0.29) is 23.2 Å². The summed E-state index contributed by atoms with van der Waals surface area (Å²) >= 11 is 0. The lowest BCUT2D eigenvalue weighted by atomic mass is 9.77. The SMILES string of the molecule is C=C1CC(/C=C/C(=O)OC)C(C(=O)OC)C1(C)C. The molecule has 0 amide bonds. The topological polar surface area (TPSA) is 52.6 Å². The highest BCUT2D eigenvalue weighted by Crippen LogP contribution is 2.50. The van der Waals surface area contributed by atoms with Crippen LogP contribution in [0.2, 0.25) is 0 Å². The summed E-state index contributed by atoms with van der Waals surface area (Å²) in [6.45, 7) is 7.96. The van der Waals surface area contributed by atoms with Gasteiger partial charge in [-0.2, -0.15) is 0 Å².